The summed E-state index contributed by atoms with van der Waals surface area (Å²) >= 11 is 10.6. The average Bonchev–Trinajstić information content (AvgIpc) is 3.95. The predicted octanol–water partition coefficient (Wildman–Crippen LogP) is 8.19. The van der Waals surface area contributed by atoms with Crippen LogP contribution in [0.2, 0.25) is 0 Å². The van der Waals surface area contributed by atoms with E-state index in [9.17, 15) is 4.79 Å². The molecule has 12 nitrogen and oxygen atoms in total. The first-order valence-corrected chi connectivity index (χ1v) is 20.3. The van der Waals surface area contributed by atoms with Crippen LogP contribution in [0.1, 0.15) is 69.7 Å². The summed E-state index contributed by atoms with van der Waals surface area (Å²) in [5.41, 5.74) is 17.6. The lowest BCUT2D eigenvalue weighted by atomic mass is 9.94. The number of hydrogen-bond donors (Lipinski definition) is 3. The number of rotatable bonds is 4. The lowest BCUT2D eigenvalue weighted by Gasteiger charge is -2.34. The van der Waals surface area contributed by atoms with Crippen LogP contribution in [0.5, 0.6) is 0 Å². The number of nitrogens with zero attached hydrogens (tertiary/aromatic N) is 7. The third-order valence-electron chi connectivity index (χ3n) is 9.01. The van der Waals surface area contributed by atoms with Crippen molar-refractivity contribution in [3.05, 3.63) is 67.8 Å². The molecule has 2 unspecified atom stereocenters. The normalized spacial score (nSPS) is 18.2. The highest BCUT2D eigenvalue weighted by atomic mass is 79.9. The standard InChI is InChI=1S/C20H24BrN5O2S.C15H16BrN5S/c1-20(2,3)28-19(27)25-8-4-6-12(11-25)16-15(21)17(22)26-18(24-16)13(10-23-26)14-7-5-9-29-14;16-12-13(9-3-1-5-18-7-9)20-15-10(11-4-2-6-22-11)8-19-21(15)14(12)17/h5,7,9-10,12H,4,6,8,11,22H2,1-3H3;2,4,6,8-9,18H,1,3,5,7,17H2. The Balaban J connectivity index is 0.000000165. The van der Waals surface area contributed by atoms with Crippen LogP contribution in [0, 0.1) is 0 Å². The Kier molecular flexibility index (Phi) is 10.4. The number of fused-ring (bicyclic) bond motifs is 2. The maximum Gasteiger partial charge on any atom is 0.410 e. The highest BCUT2D eigenvalue weighted by Gasteiger charge is 2.31. The number of likely N-dealkylation sites (tertiary alicyclic amines) is 1. The molecule has 6 aromatic heterocycles. The van der Waals surface area contributed by atoms with E-state index < -0.39 is 5.60 Å². The van der Waals surface area contributed by atoms with Crippen LogP contribution >= 0.6 is 54.5 Å². The van der Waals surface area contributed by atoms with Gasteiger partial charge in [-0.2, -0.15) is 19.2 Å². The molecule has 2 saturated heterocycles. The van der Waals surface area contributed by atoms with Gasteiger partial charge in [-0.1, -0.05) is 12.1 Å². The number of piperidine rings is 2. The van der Waals surface area contributed by atoms with Crippen LogP contribution in [0.4, 0.5) is 16.4 Å². The van der Waals surface area contributed by atoms with Gasteiger partial charge in [0.25, 0.3) is 0 Å². The summed E-state index contributed by atoms with van der Waals surface area (Å²) in [5.74, 6) is 1.60. The summed E-state index contributed by atoms with van der Waals surface area (Å²) in [6.07, 6.45) is 7.49. The molecular formula is C35H40Br2N10O2S2. The van der Waals surface area contributed by atoms with Gasteiger partial charge in [-0.05, 0) is 108 Å². The first-order chi connectivity index (χ1) is 24.5. The quantitative estimate of drug-likeness (QED) is 0.159. The van der Waals surface area contributed by atoms with E-state index in [1.807, 2.05) is 50.5 Å². The summed E-state index contributed by atoms with van der Waals surface area (Å²) in [7, 11) is 0. The summed E-state index contributed by atoms with van der Waals surface area (Å²) in [5, 5.41) is 16.4. The Labute approximate surface area is 320 Å². The number of nitrogens with one attached hydrogen (secondary N) is 1. The fraction of sp³-hybridized carbons (Fsp3) is 0.400. The van der Waals surface area contributed by atoms with Gasteiger partial charge in [-0.3, -0.25) is 0 Å². The molecule has 0 bridgehead atoms. The number of halogens is 2. The minimum absolute atomic E-state index is 0.0732. The van der Waals surface area contributed by atoms with E-state index in [4.69, 9.17) is 26.2 Å². The smallest absolute Gasteiger partial charge is 0.410 e. The largest absolute Gasteiger partial charge is 0.444 e. The van der Waals surface area contributed by atoms with Crippen molar-refractivity contribution in [3.8, 4) is 20.9 Å². The molecule has 51 heavy (non-hydrogen) atoms. The van der Waals surface area contributed by atoms with Crippen LogP contribution < -0.4 is 16.8 Å². The predicted molar refractivity (Wildman–Crippen MR) is 211 cm³/mol. The van der Waals surface area contributed by atoms with Crippen LogP contribution in [0.3, 0.4) is 0 Å². The maximum atomic E-state index is 12.6. The molecule has 6 aromatic rings. The molecule has 0 aliphatic carbocycles. The Morgan fingerprint density at radius 3 is 1.92 bits per heavy atom. The zero-order chi connectivity index (χ0) is 35.9. The number of carbonyl (C=O) groups is 1. The van der Waals surface area contributed by atoms with Crippen LogP contribution in [-0.2, 0) is 4.74 Å². The molecule has 0 aromatic carbocycles. The van der Waals surface area contributed by atoms with Gasteiger partial charge in [0.2, 0.25) is 0 Å². The van der Waals surface area contributed by atoms with E-state index in [1.165, 1.54) is 6.42 Å². The van der Waals surface area contributed by atoms with Crippen molar-refractivity contribution in [2.75, 3.05) is 37.6 Å². The highest BCUT2D eigenvalue weighted by molar-refractivity contribution is 9.11. The fourth-order valence-corrected chi connectivity index (χ4v) is 9.18. The second-order valence-electron chi connectivity index (χ2n) is 13.7. The molecule has 268 valence electrons. The van der Waals surface area contributed by atoms with Crippen LogP contribution in [-0.4, -0.2) is 72.0 Å². The van der Waals surface area contributed by atoms with Crippen molar-refractivity contribution < 1.29 is 9.53 Å². The molecule has 0 radical (unpaired) electrons. The molecule has 2 atom stereocenters. The van der Waals surface area contributed by atoms with Gasteiger partial charge < -0.3 is 26.4 Å². The molecule has 1 amide bonds. The van der Waals surface area contributed by atoms with E-state index in [1.54, 1.807) is 42.8 Å². The number of nitrogen functional groups attached to an aromatic ring is 2. The van der Waals surface area contributed by atoms with Gasteiger partial charge in [0.15, 0.2) is 11.3 Å². The van der Waals surface area contributed by atoms with Crippen molar-refractivity contribution in [1.82, 2.24) is 39.4 Å². The number of aromatic nitrogens is 6. The van der Waals surface area contributed by atoms with Crippen molar-refractivity contribution in [2.24, 2.45) is 0 Å². The maximum absolute atomic E-state index is 12.6. The summed E-state index contributed by atoms with van der Waals surface area (Å²) in [6.45, 7) is 8.91. The number of ether oxygens (including phenoxy) is 1. The molecule has 0 spiro atoms. The highest BCUT2D eigenvalue weighted by Crippen LogP contribution is 2.38. The van der Waals surface area contributed by atoms with E-state index in [0.717, 1.165) is 84.9 Å². The molecular weight excluding hydrogens is 816 g/mol. The third-order valence-corrected chi connectivity index (χ3v) is 12.4. The van der Waals surface area contributed by atoms with E-state index in [2.05, 4.69) is 58.8 Å². The molecule has 5 N–H and O–H groups in total. The second kappa shape index (κ2) is 14.8. The zero-order valence-corrected chi connectivity index (χ0v) is 33.4. The van der Waals surface area contributed by atoms with Crippen molar-refractivity contribution in [3.63, 3.8) is 0 Å². The first kappa shape index (κ1) is 35.8. The molecule has 8 rings (SSSR count). The first-order valence-electron chi connectivity index (χ1n) is 16.9. The van der Waals surface area contributed by atoms with E-state index in [-0.39, 0.29) is 12.0 Å². The zero-order valence-electron chi connectivity index (χ0n) is 28.6. The Hall–Kier alpha value is -3.57. The number of anilines is 2. The average molecular weight is 857 g/mol. The van der Waals surface area contributed by atoms with Gasteiger partial charge in [-0.15, -0.1) is 22.7 Å². The Morgan fingerprint density at radius 1 is 0.882 bits per heavy atom. The monoisotopic (exact) mass is 854 g/mol. The van der Waals surface area contributed by atoms with E-state index >= 15 is 0 Å². The van der Waals surface area contributed by atoms with Gasteiger partial charge in [-0.25, -0.2) is 14.8 Å². The Morgan fingerprint density at radius 2 is 1.43 bits per heavy atom. The summed E-state index contributed by atoms with van der Waals surface area (Å²) < 4.78 is 10.6. The number of amides is 1. The molecule has 2 aliphatic heterocycles. The lowest BCUT2D eigenvalue weighted by Crippen LogP contribution is -2.42. The second-order valence-corrected chi connectivity index (χ2v) is 17.2. The Bertz CT molecular complexity index is 2150. The summed E-state index contributed by atoms with van der Waals surface area (Å²) in [4.78, 5) is 26.4. The molecule has 0 saturated carbocycles. The minimum atomic E-state index is -0.514. The molecule has 8 heterocycles. The fourth-order valence-electron chi connectivity index (χ4n) is 6.56. The lowest BCUT2D eigenvalue weighted by molar-refractivity contribution is 0.0197. The van der Waals surface area contributed by atoms with Crippen molar-refractivity contribution >= 4 is 83.6 Å². The number of hydrogen-bond acceptors (Lipinski definition) is 11. The van der Waals surface area contributed by atoms with Crippen molar-refractivity contribution in [1.29, 1.82) is 0 Å². The third kappa shape index (κ3) is 7.38. The molecule has 2 aliphatic rings. The number of thiophene rings is 2. The van der Waals surface area contributed by atoms with Gasteiger partial charge in [0.1, 0.15) is 17.2 Å². The number of carbonyl (C=O) groups excluding carboxylic acids is 1. The van der Waals surface area contributed by atoms with Gasteiger partial charge in [0, 0.05) is 41.2 Å². The van der Waals surface area contributed by atoms with Crippen LogP contribution in [0.15, 0.2) is 56.4 Å². The summed E-state index contributed by atoms with van der Waals surface area (Å²) in [6, 6.07) is 8.18. The van der Waals surface area contributed by atoms with Gasteiger partial charge >= 0.3 is 6.09 Å². The topological polar surface area (TPSA) is 154 Å². The van der Waals surface area contributed by atoms with Crippen LogP contribution in [0.25, 0.3) is 32.2 Å². The number of nitrogens with two attached hydrogens (primary N) is 2. The van der Waals surface area contributed by atoms with E-state index in [0.29, 0.717) is 30.6 Å². The SMILES string of the molecule is CC(C)(C)OC(=O)N1CCCC(c2nc3c(-c4cccs4)cnn3c(N)c2Br)C1.Nc1c(Br)c(C2CCCNC2)nc2c(-c3cccs3)cnn12. The molecule has 2 fully saturated rings. The molecule has 16 heteroatoms. The van der Waals surface area contributed by atoms with Crippen molar-refractivity contribution in [2.45, 2.75) is 63.9 Å². The van der Waals surface area contributed by atoms with Gasteiger partial charge in [0.05, 0.1) is 43.9 Å². The minimum Gasteiger partial charge on any atom is -0.444 e.